The van der Waals surface area contributed by atoms with Gasteiger partial charge in [-0.1, -0.05) is 0 Å². The van der Waals surface area contributed by atoms with Crippen molar-refractivity contribution < 1.29 is 8.42 Å². The molecule has 8 nitrogen and oxygen atoms in total. The predicted octanol–water partition coefficient (Wildman–Crippen LogP) is 0.541. The van der Waals surface area contributed by atoms with Gasteiger partial charge < -0.3 is 0 Å². The van der Waals surface area contributed by atoms with Crippen LogP contribution in [0.15, 0.2) is 33.4 Å². The molecule has 0 saturated carbocycles. The van der Waals surface area contributed by atoms with E-state index in [2.05, 4.69) is 20.5 Å². The third-order valence-electron chi connectivity index (χ3n) is 3.19. The third kappa shape index (κ3) is 2.92. The average molecular weight is 326 g/mol. The number of hydrogen-bond donors (Lipinski definition) is 0. The molecule has 0 bridgehead atoms. The molecular formula is C11H14N6O2S2. The molecule has 0 amide bonds. The van der Waals surface area contributed by atoms with Gasteiger partial charge in [-0.05, 0) is 47.2 Å². The lowest BCUT2D eigenvalue weighted by Crippen LogP contribution is -2.27. The van der Waals surface area contributed by atoms with Gasteiger partial charge in [-0.15, -0.1) is 5.10 Å². The van der Waals surface area contributed by atoms with Gasteiger partial charge in [0, 0.05) is 26.3 Å². The van der Waals surface area contributed by atoms with Gasteiger partial charge in [-0.3, -0.25) is 0 Å². The topological polar surface area (TPSA) is 93.9 Å². The van der Waals surface area contributed by atoms with Crippen LogP contribution in [0.4, 0.5) is 0 Å². The molecule has 0 spiro atoms. The number of hydrogen-bond acceptors (Lipinski definition) is 7. The standard InChI is InChI=1S/C11H14N6O2S2/c1-16-11(13-14-15-16)20-10-5-4-9(8-12-10)21(18,19)17-6-2-3-7-17/h4-5,8H,2-3,6-7H2,1H3. The second-order valence-electron chi connectivity index (χ2n) is 4.63. The first-order chi connectivity index (χ1) is 10.1. The zero-order valence-corrected chi connectivity index (χ0v) is 13.0. The molecule has 1 aliphatic rings. The zero-order chi connectivity index (χ0) is 14.9. The second-order valence-corrected chi connectivity index (χ2v) is 7.56. The summed E-state index contributed by atoms with van der Waals surface area (Å²) < 4.78 is 27.8. The highest BCUT2D eigenvalue weighted by Crippen LogP contribution is 2.25. The highest BCUT2D eigenvalue weighted by Gasteiger charge is 2.27. The Morgan fingerprint density at radius 2 is 2.00 bits per heavy atom. The van der Waals surface area contributed by atoms with Crippen LogP contribution in [0.1, 0.15) is 12.8 Å². The summed E-state index contributed by atoms with van der Waals surface area (Å²) in [4.78, 5) is 4.41. The lowest BCUT2D eigenvalue weighted by Gasteiger charge is -2.15. The van der Waals surface area contributed by atoms with Crippen molar-refractivity contribution in [3.63, 3.8) is 0 Å². The van der Waals surface area contributed by atoms with E-state index in [9.17, 15) is 8.42 Å². The van der Waals surface area contributed by atoms with E-state index in [1.807, 2.05) is 0 Å². The molecule has 0 aromatic carbocycles. The summed E-state index contributed by atoms with van der Waals surface area (Å²) in [7, 11) is -1.68. The Bertz CT molecular complexity index is 721. The summed E-state index contributed by atoms with van der Waals surface area (Å²) in [6.07, 6.45) is 3.22. The van der Waals surface area contributed by atoms with Crippen molar-refractivity contribution in [2.24, 2.45) is 7.05 Å². The smallest absolute Gasteiger partial charge is 0.244 e. The summed E-state index contributed by atoms with van der Waals surface area (Å²) in [5.41, 5.74) is 0. The van der Waals surface area contributed by atoms with E-state index in [-0.39, 0.29) is 4.90 Å². The fourth-order valence-corrected chi connectivity index (χ4v) is 4.20. The SMILES string of the molecule is Cn1nnnc1Sc1ccc(S(=O)(=O)N2CCCC2)cn1. The van der Waals surface area contributed by atoms with Crippen LogP contribution >= 0.6 is 11.8 Å². The Morgan fingerprint density at radius 3 is 2.57 bits per heavy atom. The van der Waals surface area contributed by atoms with Crippen molar-refractivity contribution in [3.05, 3.63) is 18.3 Å². The molecule has 21 heavy (non-hydrogen) atoms. The fraction of sp³-hybridized carbons (Fsp3) is 0.455. The van der Waals surface area contributed by atoms with Crippen LogP contribution in [-0.2, 0) is 17.1 Å². The van der Waals surface area contributed by atoms with Crippen LogP contribution < -0.4 is 0 Å². The van der Waals surface area contributed by atoms with Gasteiger partial charge >= 0.3 is 0 Å². The summed E-state index contributed by atoms with van der Waals surface area (Å²) >= 11 is 1.28. The summed E-state index contributed by atoms with van der Waals surface area (Å²) in [5, 5.41) is 12.4. The van der Waals surface area contributed by atoms with Crippen molar-refractivity contribution in [2.45, 2.75) is 27.9 Å². The molecule has 0 N–H and O–H groups in total. The highest BCUT2D eigenvalue weighted by atomic mass is 32.2. The molecule has 1 saturated heterocycles. The molecule has 0 unspecified atom stereocenters. The number of tetrazole rings is 1. The minimum Gasteiger partial charge on any atom is -0.248 e. The third-order valence-corrected chi connectivity index (χ3v) is 6.05. The van der Waals surface area contributed by atoms with E-state index >= 15 is 0 Å². The number of rotatable bonds is 4. The monoisotopic (exact) mass is 326 g/mol. The summed E-state index contributed by atoms with van der Waals surface area (Å²) in [6, 6.07) is 3.25. The van der Waals surface area contributed by atoms with E-state index in [0.717, 1.165) is 12.8 Å². The highest BCUT2D eigenvalue weighted by molar-refractivity contribution is 7.99. The van der Waals surface area contributed by atoms with E-state index in [1.165, 1.54) is 26.9 Å². The first kappa shape index (κ1) is 14.4. The lowest BCUT2D eigenvalue weighted by atomic mass is 10.4. The van der Waals surface area contributed by atoms with Crippen molar-refractivity contribution in [1.29, 1.82) is 0 Å². The maximum atomic E-state index is 12.4. The second kappa shape index (κ2) is 5.70. The van der Waals surface area contributed by atoms with Crippen LogP contribution in [0.5, 0.6) is 0 Å². The molecule has 2 aromatic heterocycles. The quantitative estimate of drug-likeness (QED) is 0.809. The van der Waals surface area contributed by atoms with Crippen LogP contribution in [0, 0.1) is 0 Å². The number of sulfonamides is 1. The molecule has 2 aromatic rings. The van der Waals surface area contributed by atoms with Gasteiger partial charge in [0.25, 0.3) is 0 Å². The Hall–Kier alpha value is -1.52. The Balaban J connectivity index is 1.79. The fourth-order valence-electron chi connectivity index (χ4n) is 2.06. The maximum Gasteiger partial charge on any atom is 0.244 e. The molecule has 0 atom stereocenters. The largest absolute Gasteiger partial charge is 0.248 e. The molecule has 112 valence electrons. The van der Waals surface area contributed by atoms with Crippen LogP contribution in [0.2, 0.25) is 0 Å². The Kier molecular flexibility index (Phi) is 3.91. The number of nitrogens with zero attached hydrogens (tertiary/aromatic N) is 6. The van der Waals surface area contributed by atoms with Gasteiger partial charge in [-0.25, -0.2) is 18.1 Å². The molecule has 3 rings (SSSR count). The number of aryl methyl sites for hydroxylation is 1. The van der Waals surface area contributed by atoms with Gasteiger partial charge in [-0.2, -0.15) is 4.31 Å². The van der Waals surface area contributed by atoms with Crippen molar-refractivity contribution >= 4 is 21.8 Å². The lowest BCUT2D eigenvalue weighted by molar-refractivity contribution is 0.477. The van der Waals surface area contributed by atoms with Gasteiger partial charge in [0.1, 0.15) is 9.92 Å². The first-order valence-corrected chi connectivity index (χ1v) is 8.69. The minimum atomic E-state index is -3.41. The van der Waals surface area contributed by atoms with Crippen molar-refractivity contribution in [1.82, 2.24) is 29.5 Å². The van der Waals surface area contributed by atoms with Crippen molar-refractivity contribution in [2.75, 3.05) is 13.1 Å². The van der Waals surface area contributed by atoms with E-state index < -0.39 is 10.0 Å². The first-order valence-electron chi connectivity index (χ1n) is 6.44. The Labute approximate surface area is 126 Å². The molecule has 1 aliphatic heterocycles. The van der Waals surface area contributed by atoms with Crippen LogP contribution in [0.25, 0.3) is 0 Å². The molecule has 0 aliphatic carbocycles. The zero-order valence-electron chi connectivity index (χ0n) is 11.4. The molecular weight excluding hydrogens is 312 g/mol. The average Bonchev–Trinajstić information content (AvgIpc) is 3.12. The van der Waals surface area contributed by atoms with Gasteiger partial charge in [0.05, 0.1) is 0 Å². The van der Waals surface area contributed by atoms with E-state index in [4.69, 9.17) is 0 Å². The predicted molar refractivity (Wildman–Crippen MR) is 75.2 cm³/mol. The van der Waals surface area contributed by atoms with Gasteiger partial charge in [0.15, 0.2) is 0 Å². The van der Waals surface area contributed by atoms with E-state index in [0.29, 0.717) is 23.3 Å². The molecule has 3 heterocycles. The van der Waals surface area contributed by atoms with Gasteiger partial charge in [0.2, 0.25) is 15.2 Å². The molecule has 0 radical (unpaired) electrons. The Morgan fingerprint density at radius 1 is 1.24 bits per heavy atom. The molecule has 10 heteroatoms. The van der Waals surface area contributed by atoms with Crippen LogP contribution in [-0.4, -0.2) is 51.0 Å². The van der Waals surface area contributed by atoms with Crippen LogP contribution in [0.3, 0.4) is 0 Å². The normalized spacial score (nSPS) is 16.4. The van der Waals surface area contributed by atoms with E-state index in [1.54, 1.807) is 19.2 Å². The minimum absolute atomic E-state index is 0.227. The number of aromatic nitrogens is 5. The number of pyridine rings is 1. The molecule has 1 fully saturated rings. The maximum absolute atomic E-state index is 12.4. The van der Waals surface area contributed by atoms with Crippen molar-refractivity contribution in [3.8, 4) is 0 Å². The summed E-state index contributed by atoms with van der Waals surface area (Å²) in [6.45, 7) is 1.17. The summed E-state index contributed by atoms with van der Waals surface area (Å²) in [5.74, 6) is 0.